The molecule has 1 aromatic carbocycles. The number of thiophene rings is 1. The molecule has 0 saturated heterocycles. The van der Waals surface area contributed by atoms with Gasteiger partial charge in [0.15, 0.2) is 0 Å². The number of rotatable bonds is 3. The molecule has 2 rings (SSSR count). The van der Waals surface area contributed by atoms with Crippen molar-refractivity contribution in [3.63, 3.8) is 0 Å². The van der Waals surface area contributed by atoms with Crippen LogP contribution in [0.25, 0.3) is 0 Å². The zero-order valence-electron chi connectivity index (χ0n) is 8.29. The highest BCUT2D eigenvalue weighted by atomic mass is 127. The molecule has 0 aliphatic carbocycles. The van der Waals surface area contributed by atoms with Crippen LogP contribution in [-0.2, 0) is 6.42 Å². The lowest BCUT2D eigenvalue weighted by Crippen LogP contribution is -1.94. The fourth-order valence-corrected chi connectivity index (χ4v) is 3.47. The third-order valence-electron chi connectivity index (χ3n) is 2.31. The van der Waals surface area contributed by atoms with Gasteiger partial charge in [-0.15, -0.1) is 22.9 Å². The molecular formula is C12H9Cl2IS. The Bertz CT molecular complexity index is 481. The molecule has 0 aliphatic rings. The molecule has 1 atom stereocenters. The van der Waals surface area contributed by atoms with E-state index in [9.17, 15) is 0 Å². The van der Waals surface area contributed by atoms with Crippen LogP contribution in [0, 0.1) is 2.88 Å². The Kier molecular flexibility index (Phi) is 4.53. The molecule has 84 valence electrons. The molecule has 0 amide bonds. The van der Waals surface area contributed by atoms with Gasteiger partial charge in [-0.3, -0.25) is 0 Å². The Labute approximate surface area is 123 Å². The largest absolute Gasteiger partial charge is 0.137 e. The number of hydrogen-bond acceptors (Lipinski definition) is 1. The summed E-state index contributed by atoms with van der Waals surface area (Å²) >= 11 is 16.5. The van der Waals surface area contributed by atoms with Gasteiger partial charge in [0.2, 0.25) is 0 Å². The van der Waals surface area contributed by atoms with Gasteiger partial charge < -0.3 is 0 Å². The second-order valence-electron chi connectivity index (χ2n) is 3.45. The lowest BCUT2D eigenvalue weighted by molar-refractivity contribution is 0.925. The molecule has 1 aromatic heterocycles. The van der Waals surface area contributed by atoms with Crippen molar-refractivity contribution < 1.29 is 0 Å². The predicted octanol–water partition coefficient (Wildman–Crippen LogP) is 5.53. The van der Waals surface area contributed by atoms with E-state index in [1.54, 1.807) is 11.3 Å². The maximum Gasteiger partial charge on any atom is 0.0656 e. The second kappa shape index (κ2) is 5.71. The van der Waals surface area contributed by atoms with Crippen LogP contribution in [0.4, 0.5) is 0 Å². The van der Waals surface area contributed by atoms with E-state index in [-0.39, 0.29) is 5.38 Å². The van der Waals surface area contributed by atoms with Gasteiger partial charge in [0.25, 0.3) is 0 Å². The van der Waals surface area contributed by atoms with Crippen molar-refractivity contribution in [2.45, 2.75) is 11.8 Å². The molecule has 4 heteroatoms. The molecule has 0 saturated carbocycles. The standard InChI is InChI=1S/C12H9Cl2IS/c13-10-4-2-1-3-8(10)5-11(14)9-6-12(15)16-7-9/h1-4,6-7,11H,5H2. The number of hydrogen-bond donors (Lipinski definition) is 0. The van der Waals surface area contributed by atoms with Crippen molar-refractivity contribution in [1.29, 1.82) is 0 Å². The van der Waals surface area contributed by atoms with Gasteiger partial charge in [0.05, 0.1) is 8.26 Å². The van der Waals surface area contributed by atoms with E-state index in [2.05, 4.69) is 34.0 Å². The first-order chi connectivity index (χ1) is 7.66. The lowest BCUT2D eigenvalue weighted by atomic mass is 10.1. The summed E-state index contributed by atoms with van der Waals surface area (Å²) in [6.07, 6.45) is 0.772. The summed E-state index contributed by atoms with van der Waals surface area (Å²) in [5.41, 5.74) is 2.28. The zero-order chi connectivity index (χ0) is 11.5. The Morgan fingerprint density at radius 3 is 2.69 bits per heavy atom. The first-order valence-electron chi connectivity index (χ1n) is 4.78. The molecular weight excluding hydrogens is 374 g/mol. The summed E-state index contributed by atoms with van der Waals surface area (Å²) in [6.45, 7) is 0. The minimum atomic E-state index is -0.000309. The molecule has 0 nitrogen and oxygen atoms in total. The van der Waals surface area contributed by atoms with Crippen LogP contribution < -0.4 is 0 Å². The fourth-order valence-electron chi connectivity index (χ4n) is 1.46. The van der Waals surface area contributed by atoms with E-state index in [1.165, 1.54) is 8.45 Å². The lowest BCUT2D eigenvalue weighted by Gasteiger charge is -2.08. The molecule has 0 bridgehead atoms. The quantitative estimate of drug-likeness (QED) is 0.483. The van der Waals surface area contributed by atoms with Crippen molar-refractivity contribution in [2.75, 3.05) is 0 Å². The Balaban J connectivity index is 2.13. The van der Waals surface area contributed by atoms with Crippen LogP contribution in [0.2, 0.25) is 5.02 Å². The zero-order valence-corrected chi connectivity index (χ0v) is 12.8. The highest BCUT2D eigenvalue weighted by molar-refractivity contribution is 14.1. The van der Waals surface area contributed by atoms with E-state index < -0.39 is 0 Å². The topological polar surface area (TPSA) is 0 Å². The molecule has 0 spiro atoms. The number of halogens is 3. The van der Waals surface area contributed by atoms with E-state index in [0.29, 0.717) is 0 Å². The van der Waals surface area contributed by atoms with Gasteiger partial charge in [-0.2, -0.15) is 0 Å². The second-order valence-corrected chi connectivity index (χ2v) is 7.19. The smallest absolute Gasteiger partial charge is 0.0656 e. The van der Waals surface area contributed by atoms with Crippen molar-refractivity contribution in [1.82, 2.24) is 0 Å². The van der Waals surface area contributed by atoms with Gasteiger partial charge in [0.1, 0.15) is 0 Å². The van der Waals surface area contributed by atoms with Gasteiger partial charge in [-0.05, 0) is 57.7 Å². The number of benzene rings is 1. The fraction of sp³-hybridized carbons (Fsp3) is 0.167. The van der Waals surface area contributed by atoms with Crippen LogP contribution in [0.15, 0.2) is 35.7 Å². The summed E-state index contributed by atoms with van der Waals surface area (Å²) in [5.74, 6) is 0. The summed E-state index contributed by atoms with van der Waals surface area (Å²) in [4.78, 5) is 0. The SMILES string of the molecule is Clc1ccccc1CC(Cl)c1csc(I)c1. The molecule has 0 radical (unpaired) electrons. The first-order valence-corrected chi connectivity index (χ1v) is 7.55. The molecule has 2 aromatic rings. The highest BCUT2D eigenvalue weighted by Gasteiger charge is 2.12. The molecule has 1 heterocycles. The molecule has 0 N–H and O–H groups in total. The van der Waals surface area contributed by atoms with Crippen LogP contribution in [0.1, 0.15) is 16.5 Å². The van der Waals surface area contributed by atoms with E-state index in [0.717, 1.165) is 17.0 Å². The average Bonchev–Trinajstić information content (AvgIpc) is 2.68. The van der Waals surface area contributed by atoms with E-state index in [4.69, 9.17) is 23.2 Å². The maximum atomic E-state index is 6.37. The molecule has 16 heavy (non-hydrogen) atoms. The summed E-state index contributed by atoms with van der Waals surface area (Å²) in [5, 5.41) is 2.90. The van der Waals surface area contributed by atoms with Gasteiger partial charge in [0, 0.05) is 5.02 Å². The van der Waals surface area contributed by atoms with Gasteiger partial charge >= 0.3 is 0 Å². The molecule has 1 unspecified atom stereocenters. The van der Waals surface area contributed by atoms with Crippen LogP contribution >= 0.6 is 57.1 Å². The van der Waals surface area contributed by atoms with Crippen LogP contribution in [0.3, 0.4) is 0 Å². The summed E-state index contributed by atoms with van der Waals surface area (Å²) in [6, 6.07) is 9.97. The molecule has 0 fully saturated rings. The van der Waals surface area contributed by atoms with E-state index in [1.807, 2.05) is 24.3 Å². The van der Waals surface area contributed by atoms with Gasteiger partial charge in [-0.1, -0.05) is 29.8 Å². The maximum absolute atomic E-state index is 6.37. The average molecular weight is 383 g/mol. The van der Waals surface area contributed by atoms with Crippen molar-refractivity contribution in [3.8, 4) is 0 Å². The van der Waals surface area contributed by atoms with Crippen molar-refractivity contribution in [3.05, 3.63) is 54.7 Å². The Hall–Kier alpha value is 0.230. The van der Waals surface area contributed by atoms with Crippen LogP contribution in [-0.4, -0.2) is 0 Å². The normalized spacial score (nSPS) is 12.7. The predicted molar refractivity (Wildman–Crippen MR) is 80.8 cm³/mol. The van der Waals surface area contributed by atoms with Crippen molar-refractivity contribution >= 4 is 57.1 Å². The monoisotopic (exact) mass is 382 g/mol. The Morgan fingerprint density at radius 1 is 1.31 bits per heavy atom. The highest BCUT2D eigenvalue weighted by Crippen LogP contribution is 2.31. The van der Waals surface area contributed by atoms with Gasteiger partial charge in [-0.25, -0.2) is 0 Å². The minimum absolute atomic E-state index is 0.000309. The third kappa shape index (κ3) is 3.13. The summed E-state index contributed by atoms with van der Waals surface area (Å²) in [7, 11) is 0. The van der Waals surface area contributed by atoms with Crippen molar-refractivity contribution in [2.24, 2.45) is 0 Å². The molecule has 0 aliphatic heterocycles. The third-order valence-corrected chi connectivity index (χ3v) is 4.89. The minimum Gasteiger partial charge on any atom is -0.137 e. The van der Waals surface area contributed by atoms with Crippen LogP contribution in [0.5, 0.6) is 0 Å². The Morgan fingerprint density at radius 2 is 2.06 bits per heavy atom. The number of alkyl halides is 1. The summed E-state index contributed by atoms with van der Waals surface area (Å²) < 4.78 is 1.26. The van der Waals surface area contributed by atoms with E-state index >= 15 is 0 Å². The first kappa shape index (κ1) is 12.7.